The number of aryl methyl sites for hydroxylation is 2. The summed E-state index contributed by atoms with van der Waals surface area (Å²) >= 11 is 0. The average molecular weight is 369 g/mol. The van der Waals surface area contributed by atoms with Crippen molar-refractivity contribution in [2.75, 3.05) is 32.7 Å². The smallest absolute Gasteiger partial charge is 0.236 e. The summed E-state index contributed by atoms with van der Waals surface area (Å²) < 4.78 is 0. The molecule has 2 fully saturated rings. The maximum atomic E-state index is 12.7. The number of hydrogen-bond donors (Lipinski definition) is 2. The second-order valence-corrected chi connectivity index (χ2v) is 7.55. The maximum absolute atomic E-state index is 12.7. The predicted octanol–water partition coefficient (Wildman–Crippen LogP) is 1.23. The Bertz CT molecular complexity index is 846. The van der Waals surface area contributed by atoms with E-state index in [0.29, 0.717) is 25.9 Å². The number of nitrogens with one attached hydrogen (secondary N) is 2. The molecule has 1 aromatic carbocycles. The van der Waals surface area contributed by atoms with Crippen LogP contribution in [0, 0.1) is 6.92 Å². The minimum Gasteiger partial charge on any atom is -0.342 e. The Morgan fingerprint density at radius 3 is 3.04 bits per heavy atom. The van der Waals surface area contributed by atoms with Gasteiger partial charge in [-0.2, -0.15) is 0 Å². The Kier molecular flexibility index (Phi) is 5.11. The molecule has 2 saturated heterocycles. The highest BCUT2D eigenvalue weighted by Crippen LogP contribution is 2.19. The van der Waals surface area contributed by atoms with Crippen molar-refractivity contribution < 1.29 is 9.59 Å². The number of piperidine rings is 1. The number of H-pyrrole nitrogens is 1. The van der Waals surface area contributed by atoms with Crippen molar-refractivity contribution in [2.24, 2.45) is 0 Å². The lowest BCUT2D eigenvalue weighted by Gasteiger charge is -2.41. The largest absolute Gasteiger partial charge is 0.342 e. The summed E-state index contributed by atoms with van der Waals surface area (Å²) in [4.78, 5) is 36.7. The molecule has 0 spiro atoms. The van der Waals surface area contributed by atoms with E-state index in [1.807, 2.05) is 34.9 Å². The number of piperazine rings is 1. The Morgan fingerprint density at radius 1 is 1.33 bits per heavy atom. The number of amides is 2. The lowest BCUT2D eigenvalue weighted by molar-refractivity contribution is -0.140. The number of aromatic nitrogens is 2. The third-order valence-electron chi connectivity index (χ3n) is 5.66. The molecule has 2 aromatic rings. The molecule has 7 heteroatoms. The highest BCUT2D eigenvalue weighted by molar-refractivity contribution is 5.80. The van der Waals surface area contributed by atoms with Crippen LogP contribution in [0.25, 0.3) is 11.0 Å². The summed E-state index contributed by atoms with van der Waals surface area (Å²) in [5.74, 6) is 1.16. The number of carbonyl (C=O) groups is 2. The molecule has 27 heavy (non-hydrogen) atoms. The van der Waals surface area contributed by atoms with Crippen molar-refractivity contribution in [3.05, 3.63) is 29.6 Å². The van der Waals surface area contributed by atoms with Crippen LogP contribution >= 0.6 is 0 Å². The Labute approximate surface area is 159 Å². The van der Waals surface area contributed by atoms with E-state index in [9.17, 15) is 9.59 Å². The van der Waals surface area contributed by atoms with Gasteiger partial charge in [-0.3, -0.25) is 9.59 Å². The van der Waals surface area contributed by atoms with Gasteiger partial charge in [0.15, 0.2) is 0 Å². The van der Waals surface area contributed by atoms with Crippen molar-refractivity contribution >= 4 is 22.8 Å². The number of fused-ring (bicyclic) bond motifs is 1. The number of imidazole rings is 1. The van der Waals surface area contributed by atoms with E-state index in [-0.39, 0.29) is 17.9 Å². The number of aromatic amines is 1. The quantitative estimate of drug-likeness (QED) is 0.849. The molecule has 2 aliphatic rings. The fraction of sp³-hybridized carbons (Fsp3) is 0.550. The first-order chi connectivity index (χ1) is 13.1. The van der Waals surface area contributed by atoms with Gasteiger partial charge < -0.3 is 20.1 Å². The first kappa shape index (κ1) is 18.0. The SMILES string of the molecule is Cc1cccc2[nH]c(CCC(=O)N3CCCC(N4CCNCC4=O)C3)nc12. The maximum Gasteiger partial charge on any atom is 0.236 e. The first-order valence-electron chi connectivity index (χ1n) is 9.84. The first-order valence-corrected chi connectivity index (χ1v) is 9.84. The van der Waals surface area contributed by atoms with Gasteiger partial charge in [0.25, 0.3) is 0 Å². The van der Waals surface area contributed by atoms with Gasteiger partial charge in [-0.15, -0.1) is 0 Å². The second-order valence-electron chi connectivity index (χ2n) is 7.55. The van der Waals surface area contributed by atoms with E-state index in [4.69, 9.17) is 0 Å². The van der Waals surface area contributed by atoms with Crippen LogP contribution in [0.2, 0.25) is 0 Å². The summed E-state index contributed by atoms with van der Waals surface area (Å²) in [5.41, 5.74) is 3.14. The van der Waals surface area contributed by atoms with E-state index in [1.54, 1.807) is 0 Å². The second kappa shape index (κ2) is 7.68. The number of carbonyl (C=O) groups excluding carboxylic acids is 2. The summed E-state index contributed by atoms with van der Waals surface area (Å²) in [6, 6.07) is 6.23. The topological polar surface area (TPSA) is 81.3 Å². The number of para-hydroxylation sites is 1. The molecule has 0 bridgehead atoms. The van der Waals surface area contributed by atoms with E-state index >= 15 is 0 Å². The molecular formula is C20H27N5O2. The summed E-state index contributed by atoms with van der Waals surface area (Å²) in [6.45, 7) is 5.48. The van der Waals surface area contributed by atoms with Gasteiger partial charge in [-0.05, 0) is 31.4 Å². The van der Waals surface area contributed by atoms with Crippen LogP contribution in [0.4, 0.5) is 0 Å². The van der Waals surface area contributed by atoms with E-state index < -0.39 is 0 Å². The molecule has 144 valence electrons. The molecule has 2 aliphatic heterocycles. The lowest BCUT2D eigenvalue weighted by atomic mass is 10.0. The summed E-state index contributed by atoms with van der Waals surface area (Å²) in [7, 11) is 0. The van der Waals surface area contributed by atoms with Crippen molar-refractivity contribution in [3.8, 4) is 0 Å². The molecule has 0 aliphatic carbocycles. The highest BCUT2D eigenvalue weighted by atomic mass is 16.2. The van der Waals surface area contributed by atoms with Crippen LogP contribution in [-0.2, 0) is 16.0 Å². The average Bonchev–Trinajstić information content (AvgIpc) is 3.11. The summed E-state index contributed by atoms with van der Waals surface area (Å²) in [6.07, 6.45) is 3.00. The zero-order valence-corrected chi connectivity index (χ0v) is 15.8. The molecule has 1 aromatic heterocycles. The highest BCUT2D eigenvalue weighted by Gasteiger charge is 2.31. The van der Waals surface area contributed by atoms with Crippen molar-refractivity contribution in [1.29, 1.82) is 0 Å². The van der Waals surface area contributed by atoms with Gasteiger partial charge in [0.05, 0.1) is 17.6 Å². The molecule has 0 saturated carbocycles. The third-order valence-corrected chi connectivity index (χ3v) is 5.66. The van der Waals surface area contributed by atoms with E-state index in [2.05, 4.69) is 15.3 Å². The zero-order chi connectivity index (χ0) is 18.8. The standard InChI is InChI=1S/C20H27N5O2/c1-14-4-2-6-16-20(14)23-17(22-16)7-8-18(26)24-10-3-5-15(13-24)25-11-9-21-12-19(25)27/h2,4,6,15,21H,3,5,7-13H2,1H3,(H,22,23). The zero-order valence-electron chi connectivity index (χ0n) is 15.8. The van der Waals surface area contributed by atoms with E-state index in [1.165, 1.54) is 0 Å². The molecule has 1 atom stereocenters. The molecule has 2 N–H and O–H groups in total. The van der Waals surface area contributed by atoms with E-state index in [0.717, 1.165) is 54.9 Å². The molecular weight excluding hydrogens is 342 g/mol. The van der Waals surface area contributed by atoms with Crippen LogP contribution < -0.4 is 5.32 Å². The van der Waals surface area contributed by atoms with Crippen LogP contribution in [0.3, 0.4) is 0 Å². The Hall–Kier alpha value is -2.41. The molecule has 4 rings (SSSR count). The van der Waals surface area contributed by atoms with Gasteiger partial charge in [0.2, 0.25) is 11.8 Å². The van der Waals surface area contributed by atoms with Gasteiger partial charge in [-0.25, -0.2) is 4.98 Å². The Morgan fingerprint density at radius 2 is 2.22 bits per heavy atom. The van der Waals surface area contributed by atoms with Crippen LogP contribution in [0.1, 0.15) is 30.7 Å². The van der Waals surface area contributed by atoms with Crippen LogP contribution in [-0.4, -0.2) is 70.3 Å². The molecule has 3 heterocycles. The predicted molar refractivity (Wildman–Crippen MR) is 103 cm³/mol. The van der Waals surface area contributed by atoms with Crippen molar-refractivity contribution in [3.63, 3.8) is 0 Å². The minimum atomic E-state index is 0.151. The molecule has 2 amide bonds. The Balaban J connectivity index is 1.36. The number of hydrogen-bond acceptors (Lipinski definition) is 4. The fourth-order valence-corrected chi connectivity index (χ4v) is 4.17. The normalized spacial score (nSPS) is 21.1. The lowest BCUT2D eigenvalue weighted by Crippen LogP contribution is -2.57. The number of rotatable bonds is 4. The molecule has 0 radical (unpaired) electrons. The fourth-order valence-electron chi connectivity index (χ4n) is 4.17. The van der Waals surface area contributed by atoms with Gasteiger partial charge >= 0.3 is 0 Å². The van der Waals surface area contributed by atoms with Gasteiger partial charge in [0, 0.05) is 45.1 Å². The third kappa shape index (κ3) is 3.83. The molecule has 7 nitrogen and oxygen atoms in total. The minimum absolute atomic E-state index is 0.151. The number of nitrogens with zero attached hydrogens (tertiary/aromatic N) is 3. The number of benzene rings is 1. The molecule has 1 unspecified atom stereocenters. The van der Waals surface area contributed by atoms with Gasteiger partial charge in [-0.1, -0.05) is 12.1 Å². The van der Waals surface area contributed by atoms with Crippen molar-refractivity contribution in [1.82, 2.24) is 25.1 Å². The monoisotopic (exact) mass is 369 g/mol. The van der Waals surface area contributed by atoms with Gasteiger partial charge in [0.1, 0.15) is 5.82 Å². The van der Waals surface area contributed by atoms with Crippen molar-refractivity contribution in [2.45, 2.75) is 38.6 Å². The summed E-state index contributed by atoms with van der Waals surface area (Å²) in [5, 5.41) is 3.11. The number of likely N-dealkylation sites (tertiary alicyclic amines) is 1. The van der Waals surface area contributed by atoms with Crippen LogP contribution in [0.15, 0.2) is 18.2 Å². The van der Waals surface area contributed by atoms with Crippen LogP contribution in [0.5, 0.6) is 0 Å².